The molecule has 1 aliphatic heterocycles. The summed E-state index contributed by atoms with van der Waals surface area (Å²) in [7, 11) is 1.51. The Morgan fingerprint density at radius 1 is 1.45 bits per heavy atom. The Balaban J connectivity index is 1.75. The number of benzene rings is 1. The van der Waals surface area contributed by atoms with E-state index in [1.54, 1.807) is 12.1 Å². The summed E-state index contributed by atoms with van der Waals surface area (Å²) in [6, 6.07) is 4.97. The predicted molar refractivity (Wildman–Crippen MR) is 75.2 cm³/mol. The molecule has 3 rings (SSSR count). The molecule has 4 atom stereocenters. The van der Waals surface area contributed by atoms with Gasteiger partial charge >= 0.3 is 0 Å². The standard InChI is InChI=1S/C16H22FNO2/c1-20-15-7-3-6-12(17)16(15)14(19)8-13-11-5-2-4-10(11)9-18-13/h3,6-7,10-11,13-14,18-19H,2,4-5,8-9H2,1H3. The second kappa shape index (κ2) is 5.70. The van der Waals surface area contributed by atoms with E-state index in [1.807, 2.05) is 0 Å². The Morgan fingerprint density at radius 3 is 3.10 bits per heavy atom. The fraction of sp³-hybridized carbons (Fsp3) is 0.625. The Kier molecular flexibility index (Phi) is 3.94. The summed E-state index contributed by atoms with van der Waals surface area (Å²) in [5, 5.41) is 13.9. The summed E-state index contributed by atoms with van der Waals surface area (Å²) in [5.41, 5.74) is 0.290. The summed E-state index contributed by atoms with van der Waals surface area (Å²) in [6.45, 7) is 1.04. The van der Waals surface area contributed by atoms with Gasteiger partial charge in [-0.25, -0.2) is 4.39 Å². The number of hydrogen-bond donors (Lipinski definition) is 2. The molecule has 0 spiro atoms. The van der Waals surface area contributed by atoms with Crippen molar-refractivity contribution in [2.75, 3.05) is 13.7 Å². The lowest BCUT2D eigenvalue weighted by molar-refractivity contribution is 0.137. The minimum absolute atomic E-state index is 0.290. The lowest BCUT2D eigenvalue weighted by Gasteiger charge is -2.23. The van der Waals surface area contributed by atoms with Gasteiger partial charge in [0.25, 0.3) is 0 Å². The summed E-state index contributed by atoms with van der Waals surface area (Å²) < 4.78 is 19.1. The van der Waals surface area contributed by atoms with Gasteiger partial charge in [-0.15, -0.1) is 0 Å². The molecule has 0 amide bonds. The predicted octanol–water partition coefficient (Wildman–Crippen LogP) is 2.65. The number of halogens is 1. The van der Waals surface area contributed by atoms with E-state index in [2.05, 4.69) is 5.32 Å². The molecular weight excluding hydrogens is 257 g/mol. The number of rotatable bonds is 4. The van der Waals surface area contributed by atoms with E-state index in [0.29, 0.717) is 29.7 Å². The largest absolute Gasteiger partial charge is 0.496 e. The van der Waals surface area contributed by atoms with E-state index in [-0.39, 0.29) is 0 Å². The Bertz CT molecular complexity index is 480. The fourth-order valence-corrected chi connectivity index (χ4v) is 3.94. The molecule has 4 unspecified atom stereocenters. The van der Waals surface area contributed by atoms with Gasteiger partial charge in [-0.1, -0.05) is 12.5 Å². The molecule has 0 radical (unpaired) electrons. The average Bonchev–Trinajstić information content (AvgIpc) is 3.03. The average molecular weight is 279 g/mol. The maximum atomic E-state index is 14.0. The number of hydrogen-bond acceptors (Lipinski definition) is 3. The van der Waals surface area contributed by atoms with Crippen molar-refractivity contribution in [1.29, 1.82) is 0 Å². The monoisotopic (exact) mass is 279 g/mol. The Hall–Kier alpha value is -1.13. The van der Waals surface area contributed by atoms with E-state index in [1.165, 1.54) is 32.4 Å². The van der Waals surface area contributed by atoms with Crippen LogP contribution in [-0.4, -0.2) is 24.8 Å². The van der Waals surface area contributed by atoms with Crippen LogP contribution in [0.4, 0.5) is 4.39 Å². The first-order chi connectivity index (χ1) is 9.70. The van der Waals surface area contributed by atoms with E-state index in [0.717, 1.165) is 12.5 Å². The topological polar surface area (TPSA) is 41.5 Å². The van der Waals surface area contributed by atoms with Crippen molar-refractivity contribution < 1.29 is 14.2 Å². The zero-order chi connectivity index (χ0) is 14.1. The van der Waals surface area contributed by atoms with Crippen molar-refractivity contribution in [2.45, 2.75) is 37.8 Å². The van der Waals surface area contributed by atoms with Gasteiger partial charge in [0.15, 0.2) is 0 Å². The van der Waals surface area contributed by atoms with Crippen molar-refractivity contribution >= 4 is 0 Å². The molecule has 1 aliphatic carbocycles. The van der Waals surface area contributed by atoms with Crippen LogP contribution in [0.2, 0.25) is 0 Å². The summed E-state index contributed by atoms with van der Waals surface area (Å²) in [6.07, 6.45) is 3.53. The number of methoxy groups -OCH3 is 1. The maximum Gasteiger partial charge on any atom is 0.132 e. The zero-order valence-corrected chi connectivity index (χ0v) is 11.8. The maximum absolute atomic E-state index is 14.0. The molecule has 110 valence electrons. The molecule has 1 aromatic rings. The van der Waals surface area contributed by atoms with Crippen LogP contribution in [0.15, 0.2) is 18.2 Å². The minimum Gasteiger partial charge on any atom is -0.496 e. The normalized spacial score (nSPS) is 30.2. The molecule has 1 heterocycles. The fourth-order valence-electron chi connectivity index (χ4n) is 3.94. The summed E-state index contributed by atoms with van der Waals surface area (Å²) in [5.74, 6) is 1.42. The third-order valence-corrected chi connectivity index (χ3v) is 4.92. The van der Waals surface area contributed by atoms with Crippen LogP contribution >= 0.6 is 0 Å². The van der Waals surface area contributed by atoms with Gasteiger partial charge in [-0.05, 0) is 49.8 Å². The van der Waals surface area contributed by atoms with Crippen LogP contribution < -0.4 is 10.1 Å². The Morgan fingerprint density at radius 2 is 2.30 bits per heavy atom. The highest BCUT2D eigenvalue weighted by molar-refractivity contribution is 5.36. The molecule has 0 bridgehead atoms. The number of fused-ring (bicyclic) bond motifs is 1. The highest BCUT2D eigenvalue weighted by Crippen LogP contribution is 2.41. The summed E-state index contributed by atoms with van der Waals surface area (Å²) in [4.78, 5) is 0. The molecule has 2 N–H and O–H groups in total. The molecule has 2 fully saturated rings. The lowest BCUT2D eigenvalue weighted by Crippen LogP contribution is -2.29. The van der Waals surface area contributed by atoms with Crippen molar-refractivity contribution in [2.24, 2.45) is 11.8 Å². The van der Waals surface area contributed by atoms with Gasteiger partial charge in [0.2, 0.25) is 0 Å². The lowest BCUT2D eigenvalue weighted by atomic mass is 9.89. The Labute approximate surface area is 119 Å². The van der Waals surface area contributed by atoms with Gasteiger partial charge < -0.3 is 15.2 Å². The van der Waals surface area contributed by atoms with Gasteiger partial charge in [0, 0.05) is 6.04 Å². The van der Waals surface area contributed by atoms with Crippen LogP contribution in [0.3, 0.4) is 0 Å². The molecule has 20 heavy (non-hydrogen) atoms. The second-order valence-electron chi connectivity index (χ2n) is 5.98. The van der Waals surface area contributed by atoms with Crippen molar-refractivity contribution in [3.8, 4) is 5.75 Å². The van der Waals surface area contributed by atoms with Crippen molar-refractivity contribution in [1.82, 2.24) is 5.32 Å². The molecule has 4 heteroatoms. The summed E-state index contributed by atoms with van der Waals surface area (Å²) >= 11 is 0. The first-order valence-electron chi connectivity index (χ1n) is 7.44. The highest BCUT2D eigenvalue weighted by Gasteiger charge is 2.40. The number of aliphatic hydroxyl groups excluding tert-OH is 1. The zero-order valence-electron chi connectivity index (χ0n) is 11.8. The third-order valence-electron chi connectivity index (χ3n) is 4.92. The van der Waals surface area contributed by atoms with Crippen LogP contribution in [0.5, 0.6) is 5.75 Å². The first kappa shape index (κ1) is 13.8. The second-order valence-corrected chi connectivity index (χ2v) is 5.98. The number of ether oxygens (including phenoxy) is 1. The van der Waals surface area contributed by atoms with Gasteiger partial charge in [0.1, 0.15) is 11.6 Å². The molecule has 2 aliphatic rings. The van der Waals surface area contributed by atoms with E-state index >= 15 is 0 Å². The minimum atomic E-state index is -0.817. The van der Waals surface area contributed by atoms with Gasteiger partial charge in [0.05, 0.1) is 18.8 Å². The molecule has 1 aromatic carbocycles. The number of aliphatic hydroxyl groups is 1. The smallest absolute Gasteiger partial charge is 0.132 e. The first-order valence-corrected chi connectivity index (χ1v) is 7.44. The highest BCUT2D eigenvalue weighted by atomic mass is 19.1. The van der Waals surface area contributed by atoms with Crippen LogP contribution in [-0.2, 0) is 0 Å². The van der Waals surface area contributed by atoms with Crippen molar-refractivity contribution in [3.63, 3.8) is 0 Å². The van der Waals surface area contributed by atoms with Gasteiger partial charge in [-0.2, -0.15) is 0 Å². The van der Waals surface area contributed by atoms with Crippen LogP contribution in [0.1, 0.15) is 37.4 Å². The van der Waals surface area contributed by atoms with E-state index in [9.17, 15) is 9.50 Å². The number of nitrogens with one attached hydrogen (secondary N) is 1. The molecule has 1 saturated carbocycles. The van der Waals surface area contributed by atoms with E-state index in [4.69, 9.17) is 4.74 Å². The third kappa shape index (κ3) is 2.42. The molecule has 3 nitrogen and oxygen atoms in total. The molecule has 1 saturated heterocycles. The van der Waals surface area contributed by atoms with Crippen molar-refractivity contribution in [3.05, 3.63) is 29.6 Å². The van der Waals surface area contributed by atoms with Crippen LogP contribution in [0.25, 0.3) is 0 Å². The molecular formula is C16H22FNO2. The SMILES string of the molecule is COc1cccc(F)c1C(O)CC1NCC2CCCC21. The van der Waals surface area contributed by atoms with Gasteiger partial charge in [-0.3, -0.25) is 0 Å². The quantitative estimate of drug-likeness (QED) is 0.890. The van der Waals surface area contributed by atoms with E-state index < -0.39 is 11.9 Å². The van der Waals surface area contributed by atoms with Crippen LogP contribution in [0, 0.1) is 17.7 Å². The molecule has 0 aromatic heterocycles.